The van der Waals surface area contributed by atoms with Crippen molar-refractivity contribution in [1.29, 1.82) is 0 Å². The quantitative estimate of drug-likeness (QED) is 0.166. The second-order valence-electron chi connectivity index (χ2n) is 15.3. The average molecular weight is 681 g/mol. The van der Waals surface area contributed by atoms with Gasteiger partial charge in [-0.05, 0) is 80.2 Å². The topological polar surface area (TPSA) is 175 Å². The number of Topliss-reactive ketones (excluding diaryl/α,β-unsaturated/α-hetero) is 1. The summed E-state index contributed by atoms with van der Waals surface area (Å²) in [6.07, 6.45) is 11.8. The Hall–Kier alpha value is -3.83. The Bertz CT molecular complexity index is 1320. The van der Waals surface area contributed by atoms with Gasteiger partial charge in [0.25, 0.3) is 11.8 Å². The van der Waals surface area contributed by atoms with Gasteiger partial charge in [-0.1, -0.05) is 65.9 Å². The van der Waals surface area contributed by atoms with Gasteiger partial charge >= 0.3 is 0 Å². The molecule has 3 saturated carbocycles. The van der Waals surface area contributed by atoms with Gasteiger partial charge < -0.3 is 26.6 Å². The highest BCUT2D eigenvalue weighted by Gasteiger charge is 2.39. The largest absolute Gasteiger partial charge is 0.354 e. The van der Waals surface area contributed by atoms with Crippen molar-refractivity contribution < 1.29 is 28.8 Å². The molecule has 12 nitrogen and oxygen atoms in total. The fourth-order valence-electron chi connectivity index (χ4n) is 7.16. The van der Waals surface area contributed by atoms with Crippen LogP contribution in [0.2, 0.25) is 0 Å². The van der Waals surface area contributed by atoms with Crippen LogP contribution in [-0.2, 0) is 24.0 Å². The third-order valence-corrected chi connectivity index (χ3v) is 10.2. The standard InChI is InChI=1S/C37H56N6O6/c1-5-12-27(31(45)35(48)40-26-18-19-26)41-29(44)21-24-15-11-16-25(24)22-39-36(49)32(37(2,3)4)43-34(47)30(23-13-7-6-8-14-23)42-33(46)28-17-9-10-20-38-28/h9-10,17,20,23-27,30,32H,5-8,11-16,18-19,21-22H2,1-4H3,(H,39,49)(H,40,48)(H,41,44)(H,42,46)(H,43,47)/t24-,25+,27+,30+,32-/m1/s1. The second-order valence-corrected chi connectivity index (χ2v) is 15.3. The fourth-order valence-corrected chi connectivity index (χ4v) is 7.16. The van der Waals surface area contributed by atoms with Crippen molar-refractivity contribution in [2.45, 2.75) is 135 Å². The van der Waals surface area contributed by atoms with E-state index in [1.54, 1.807) is 18.2 Å². The van der Waals surface area contributed by atoms with Gasteiger partial charge in [-0.15, -0.1) is 0 Å². The van der Waals surface area contributed by atoms with Crippen molar-refractivity contribution in [3.05, 3.63) is 30.1 Å². The van der Waals surface area contributed by atoms with E-state index in [9.17, 15) is 28.8 Å². The highest BCUT2D eigenvalue weighted by atomic mass is 16.2. The number of pyridine rings is 1. The number of carbonyl (C=O) groups is 6. The van der Waals surface area contributed by atoms with Gasteiger partial charge in [0.2, 0.25) is 23.5 Å². The maximum absolute atomic E-state index is 13.9. The van der Waals surface area contributed by atoms with Gasteiger partial charge in [0.05, 0.1) is 6.04 Å². The summed E-state index contributed by atoms with van der Waals surface area (Å²) < 4.78 is 0. The van der Waals surface area contributed by atoms with E-state index in [0.717, 1.165) is 64.2 Å². The first kappa shape index (κ1) is 38.0. The summed E-state index contributed by atoms with van der Waals surface area (Å²) in [5.41, 5.74) is -0.392. The Morgan fingerprint density at radius 1 is 0.837 bits per heavy atom. The monoisotopic (exact) mass is 680 g/mol. The van der Waals surface area contributed by atoms with Crippen molar-refractivity contribution in [2.75, 3.05) is 6.54 Å². The Kier molecular flexibility index (Phi) is 13.7. The van der Waals surface area contributed by atoms with E-state index in [1.165, 1.54) is 6.20 Å². The summed E-state index contributed by atoms with van der Waals surface area (Å²) in [7, 11) is 0. The Morgan fingerprint density at radius 3 is 2.18 bits per heavy atom. The zero-order chi connectivity index (χ0) is 35.6. The molecule has 0 radical (unpaired) electrons. The molecule has 3 aliphatic rings. The minimum atomic E-state index is -0.858. The molecular weight excluding hydrogens is 624 g/mol. The SMILES string of the molecule is CCC[C@H](NC(=O)C[C@H]1CCC[C@H]1CNC(=O)[C@@H](NC(=O)[C@@H](NC(=O)c1ccccn1)C1CCCCC1)C(C)(C)C)C(=O)C(=O)NC1CC1. The van der Waals surface area contributed by atoms with E-state index in [-0.39, 0.29) is 53.6 Å². The molecule has 49 heavy (non-hydrogen) atoms. The van der Waals surface area contributed by atoms with Crippen LogP contribution >= 0.6 is 0 Å². The molecule has 5 amide bonds. The third-order valence-electron chi connectivity index (χ3n) is 10.2. The van der Waals surface area contributed by atoms with E-state index < -0.39 is 41.1 Å². The second kappa shape index (κ2) is 17.7. The molecule has 0 aliphatic heterocycles. The number of ketones is 1. The zero-order valence-corrected chi connectivity index (χ0v) is 29.6. The number of nitrogens with one attached hydrogen (secondary N) is 5. The van der Waals surface area contributed by atoms with Gasteiger partial charge in [-0.25, -0.2) is 0 Å². The highest BCUT2D eigenvalue weighted by Crippen LogP contribution is 2.34. The Labute approximate surface area is 290 Å². The van der Waals surface area contributed by atoms with Gasteiger partial charge in [0.15, 0.2) is 0 Å². The Balaban J connectivity index is 1.35. The molecule has 5 N–H and O–H groups in total. The van der Waals surface area contributed by atoms with Crippen LogP contribution in [0.5, 0.6) is 0 Å². The number of amides is 5. The summed E-state index contributed by atoms with van der Waals surface area (Å²) >= 11 is 0. The summed E-state index contributed by atoms with van der Waals surface area (Å²) in [6, 6.07) is 2.61. The summed E-state index contributed by atoms with van der Waals surface area (Å²) in [5.74, 6) is -2.61. The number of hydrogen-bond donors (Lipinski definition) is 5. The van der Waals surface area contributed by atoms with Gasteiger partial charge in [-0.2, -0.15) is 0 Å². The number of nitrogens with zero attached hydrogens (tertiary/aromatic N) is 1. The van der Waals surface area contributed by atoms with Crippen LogP contribution in [0.25, 0.3) is 0 Å². The van der Waals surface area contributed by atoms with Crippen LogP contribution in [0, 0.1) is 23.2 Å². The van der Waals surface area contributed by atoms with E-state index in [2.05, 4.69) is 31.6 Å². The maximum Gasteiger partial charge on any atom is 0.289 e. The fraction of sp³-hybridized carbons (Fsp3) is 0.703. The van der Waals surface area contributed by atoms with Crippen molar-refractivity contribution in [2.24, 2.45) is 23.2 Å². The van der Waals surface area contributed by atoms with Crippen LogP contribution in [0.15, 0.2) is 24.4 Å². The summed E-state index contributed by atoms with van der Waals surface area (Å²) in [5, 5.41) is 14.5. The zero-order valence-electron chi connectivity index (χ0n) is 29.6. The molecule has 1 aromatic heterocycles. The third kappa shape index (κ3) is 11.4. The minimum absolute atomic E-state index is 0.0122. The van der Waals surface area contributed by atoms with E-state index in [1.807, 2.05) is 27.7 Å². The van der Waals surface area contributed by atoms with Crippen molar-refractivity contribution in [3.8, 4) is 0 Å². The van der Waals surface area contributed by atoms with Crippen LogP contribution in [0.1, 0.15) is 122 Å². The molecule has 0 saturated heterocycles. The number of hydrogen-bond acceptors (Lipinski definition) is 7. The van der Waals surface area contributed by atoms with Gasteiger partial charge in [-0.3, -0.25) is 33.8 Å². The first-order valence-electron chi connectivity index (χ1n) is 18.3. The predicted octanol–water partition coefficient (Wildman–Crippen LogP) is 3.35. The number of carbonyl (C=O) groups excluding carboxylic acids is 6. The smallest absolute Gasteiger partial charge is 0.289 e. The maximum atomic E-state index is 13.9. The Morgan fingerprint density at radius 2 is 1.55 bits per heavy atom. The number of aromatic nitrogens is 1. The van der Waals surface area contributed by atoms with Gasteiger partial charge in [0.1, 0.15) is 17.8 Å². The predicted molar refractivity (Wildman–Crippen MR) is 185 cm³/mol. The average Bonchev–Trinajstić information content (AvgIpc) is 3.79. The lowest BCUT2D eigenvalue weighted by Gasteiger charge is -2.35. The molecule has 0 spiro atoms. The molecule has 4 rings (SSSR count). The van der Waals surface area contributed by atoms with Crippen LogP contribution in [-0.4, -0.2) is 71.0 Å². The molecule has 0 unspecified atom stereocenters. The van der Waals surface area contributed by atoms with Crippen LogP contribution < -0.4 is 26.6 Å². The molecule has 3 aliphatic carbocycles. The van der Waals surface area contributed by atoms with Crippen molar-refractivity contribution in [3.63, 3.8) is 0 Å². The highest BCUT2D eigenvalue weighted by molar-refractivity contribution is 6.38. The molecule has 0 bridgehead atoms. The molecule has 3 fully saturated rings. The minimum Gasteiger partial charge on any atom is -0.354 e. The molecule has 1 heterocycles. The van der Waals surface area contributed by atoms with Crippen molar-refractivity contribution in [1.82, 2.24) is 31.6 Å². The number of rotatable bonds is 16. The molecule has 12 heteroatoms. The molecule has 0 aromatic carbocycles. The molecule has 5 atom stereocenters. The summed E-state index contributed by atoms with van der Waals surface area (Å²) in [4.78, 5) is 83.0. The van der Waals surface area contributed by atoms with Crippen molar-refractivity contribution >= 4 is 35.3 Å². The first-order valence-corrected chi connectivity index (χ1v) is 18.3. The summed E-state index contributed by atoms with van der Waals surface area (Å²) in [6.45, 7) is 7.93. The van der Waals surface area contributed by atoms with Crippen LogP contribution in [0.3, 0.4) is 0 Å². The molecular formula is C37H56N6O6. The lowest BCUT2D eigenvalue weighted by Crippen LogP contribution is -2.60. The van der Waals surface area contributed by atoms with E-state index >= 15 is 0 Å². The molecule has 1 aromatic rings. The van der Waals surface area contributed by atoms with E-state index in [4.69, 9.17) is 0 Å². The lowest BCUT2D eigenvalue weighted by molar-refractivity contribution is -0.140. The molecule has 270 valence electrons. The normalized spacial score (nSPS) is 21.5. The van der Waals surface area contributed by atoms with Gasteiger partial charge in [0, 0.05) is 25.2 Å². The lowest BCUT2D eigenvalue weighted by atomic mass is 9.82. The van der Waals surface area contributed by atoms with Crippen LogP contribution in [0.4, 0.5) is 0 Å². The van der Waals surface area contributed by atoms with E-state index in [0.29, 0.717) is 19.4 Å². The first-order chi connectivity index (χ1) is 23.4.